The van der Waals surface area contributed by atoms with Crippen molar-refractivity contribution in [2.24, 2.45) is 0 Å². The van der Waals surface area contributed by atoms with Gasteiger partial charge in [0, 0.05) is 13.1 Å². The summed E-state index contributed by atoms with van der Waals surface area (Å²) in [7, 11) is 0. The van der Waals surface area contributed by atoms with Crippen LogP contribution in [0.4, 0.5) is 0 Å². The zero-order valence-corrected chi connectivity index (χ0v) is 10.6. The molecule has 5 heteroatoms. The molecule has 0 aromatic rings. The first-order valence-corrected chi connectivity index (χ1v) is 6.85. The molecular formula is C13H21NO4. The standard InChI is InChI=1S/C13H21NO4/c15-12(10-6-7-11(18-10)13(16)17)14-8-4-2-1-3-5-9-14/h10-11H,1-9H2,(H,16,17). The van der Waals surface area contributed by atoms with Crippen LogP contribution in [-0.4, -0.2) is 47.2 Å². The van der Waals surface area contributed by atoms with E-state index in [-0.39, 0.29) is 5.91 Å². The Morgan fingerprint density at radius 2 is 1.50 bits per heavy atom. The van der Waals surface area contributed by atoms with E-state index in [1.54, 1.807) is 0 Å². The number of amides is 1. The highest BCUT2D eigenvalue weighted by Gasteiger charge is 2.36. The molecule has 2 fully saturated rings. The second kappa shape index (κ2) is 6.18. The number of carboxylic acid groups (broad SMARTS) is 1. The zero-order valence-electron chi connectivity index (χ0n) is 10.6. The summed E-state index contributed by atoms with van der Waals surface area (Å²) < 4.78 is 5.32. The van der Waals surface area contributed by atoms with Gasteiger partial charge in [0.25, 0.3) is 5.91 Å². The molecule has 0 bridgehead atoms. The maximum atomic E-state index is 12.2. The molecule has 0 aromatic carbocycles. The van der Waals surface area contributed by atoms with Crippen LogP contribution in [-0.2, 0) is 14.3 Å². The van der Waals surface area contributed by atoms with Crippen LogP contribution in [0.2, 0.25) is 0 Å². The van der Waals surface area contributed by atoms with Gasteiger partial charge in [-0.1, -0.05) is 19.3 Å². The second-order valence-corrected chi connectivity index (χ2v) is 5.12. The van der Waals surface area contributed by atoms with Crippen molar-refractivity contribution in [1.82, 2.24) is 4.90 Å². The first kappa shape index (κ1) is 13.3. The van der Waals surface area contributed by atoms with Crippen LogP contribution in [0, 0.1) is 0 Å². The maximum Gasteiger partial charge on any atom is 0.332 e. The minimum Gasteiger partial charge on any atom is -0.479 e. The molecule has 102 valence electrons. The summed E-state index contributed by atoms with van der Waals surface area (Å²) in [4.78, 5) is 24.9. The lowest BCUT2D eigenvalue weighted by atomic mass is 10.1. The highest BCUT2D eigenvalue weighted by Crippen LogP contribution is 2.22. The predicted molar refractivity (Wildman–Crippen MR) is 65.2 cm³/mol. The monoisotopic (exact) mass is 255 g/mol. The number of carboxylic acids is 1. The number of hydrogen-bond acceptors (Lipinski definition) is 3. The normalized spacial score (nSPS) is 29.7. The Hall–Kier alpha value is -1.10. The largest absolute Gasteiger partial charge is 0.479 e. The van der Waals surface area contributed by atoms with Gasteiger partial charge in [-0.05, 0) is 25.7 Å². The fourth-order valence-electron chi connectivity index (χ4n) is 2.67. The Morgan fingerprint density at radius 3 is 2.06 bits per heavy atom. The van der Waals surface area contributed by atoms with Gasteiger partial charge in [0.2, 0.25) is 0 Å². The van der Waals surface area contributed by atoms with Gasteiger partial charge in [-0.2, -0.15) is 0 Å². The Kier molecular flexibility index (Phi) is 4.58. The van der Waals surface area contributed by atoms with Gasteiger partial charge >= 0.3 is 5.97 Å². The third-order valence-corrected chi connectivity index (χ3v) is 3.74. The van der Waals surface area contributed by atoms with E-state index in [1.165, 1.54) is 19.3 Å². The molecule has 0 aromatic heterocycles. The van der Waals surface area contributed by atoms with Crippen LogP contribution in [0.15, 0.2) is 0 Å². The summed E-state index contributed by atoms with van der Waals surface area (Å²) in [6.45, 7) is 1.58. The van der Waals surface area contributed by atoms with Crippen molar-refractivity contribution in [2.45, 2.75) is 57.2 Å². The number of aliphatic carboxylic acids is 1. The van der Waals surface area contributed by atoms with E-state index in [9.17, 15) is 9.59 Å². The first-order chi connectivity index (χ1) is 8.68. The second-order valence-electron chi connectivity index (χ2n) is 5.12. The molecule has 1 N–H and O–H groups in total. The van der Waals surface area contributed by atoms with Crippen molar-refractivity contribution >= 4 is 11.9 Å². The lowest BCUT2D eigenvalue weighted by Crippen LogP contribution is -2.41. The molecule has 2 rings (SSSR count). The quantitative estimate of drug-likeness (QED) is 0.810. The molecule has 2 aliphatic rings. The third-order valence-electron chi connectivity index (χ3n) is 3.74. The van der Waals surface area contributed by atoms with E-state index < -0.39 is 18.2 Å². The first-order valence-electron chi connectivity index (χ1n) is 6.85. The van der Waals surface area contributed by atoms with E-state index in [0.717, 1.165) is 25.9 Å². The lowest BCUT2D eigenvalue weighted by molar-refractivity contribution is -0.154. The van der Waals surface area contributed by atoms with Crippen molar-refractivity contribution in [1.29, 1.82) is 0 Å². The van der Waals surface area contributed by atoms with Crippen LogP contribution in [0.3, 0.4) is 0 Å². The molecule has 5 nitrogen and oxygen atoms in total. The molecule has 2 saturated heterocycles. The Morgan fingerprint density at radius 1 is 0.944 bits per heavy atom. The van der Waals surface area contributed by atoms with Crippen LogP contribution in [0.5, 0.6) is 0 Å². The van der Waals surface area contributed by atoms with Crippen molar-refractivity contribution in [3.05, 3.63) is 0 Å². The van der Waals surface area contributed by atoms with Crippen LogP contribution < -0.4 is 0 Å². The van der Waals surface area contributed by atoms with Crippen molar-refractivity contribution in [3.63, 3.8) is 0 Å². The Balaban J connectivity index is 1.88. The fraction of sp³-hybridized carbons (Fsp3) is 0.846. The smallest absolute Gasteiger partial charge is 0.332 e. The number of rotatable bonds is 2. The van der Waals surface area contributed by atoms with Crippen LogP contribution >= 0.6 is 0 Å². The number of carbonyl (C=O) groups excluding carboxylic acids is 1. The van der Waals surface area contributed by atoms with Crippen molar-refractivity contribution < 1.29 is 19.4 Å². The molecule has 0 saturated carbocycles. The van der Waals surface area contributed by atoms with E-state index in [0.29, 0.717) is 12.8 Å². The van der Waals surface area contributed by atoms with E-state index >= 15 is 0 Å². The summed E-state index contributed by atoms with van der Waals surface area (Å²) in [5, 5.41) is 8.86. The van der Waals surface area contributed by atoms with Gasteiger partial charge in [-0.25, -0.2) is 4.79 Å². The summed E-state index contributed by atoms with van der Waals surface area (Å²) >= 11 is 0. The number of likely N-dealkylation sites (tertiary alicyclic amines) is 1. The van der Waals surface area contributed by atoms with Crippen molar-refractivity contribution in [3.8, 4) is 0 Å². The van der Waals surface area contributed by atoms with E-state index in [2.05, 4.69) is 0 Å². The summed E-state index contributed by atoms with van der Waals surface area (Å²) in [5.74, 6) is -0.974. The van der Waals surface area contributed by atoms with Gasteiger partial charge in [0.05, 0.1) is 0 Å². The fourth-order valence-corrected chi connectivity index (χ4v) is 2.67. The van der Waals surface area contributed by atoms with Crippen LogP contribution in [0.25, 0.3) is 0 Å². The topological polar surface area (TPSA) is 66.8 Å². The number of ether oxygens (including phenoxy) is 1. The Labute approximate surface area is 107 Å². The van der Waals surface area contributed by atoms with Crippen molar-refractivity contribution in [2.75, 3.05) is 13.1 Å². The Bertz CT molecular complexity index is 310. The molecule has 2 atom stereocenters. The molecule has 0 radical (unpaired) electrons. The lowest BCUT2D eigenvalue weighted by Gasteiger charge is -2.27. The maximum absolute atomic E-state index is 12.2. The summed E-state index contributed by atoms with van der Waals surface area (Å²) in [6, 6.07) is 0. The SMILES string of the molecule is O=C(O)C1CCC(C(=O)N2CCCCCCC2)O1. The van der Waals surface area contributed by atoms with Crippen LogP contribution in [0.1, 0.15) is 44.9 Å². The molecule has 2 aliphatic heterocycles. The third kappa shape index (κ3) is 3.22. The van der Waals surface area contributed by atoms with E-state index in [1.807, 2.05) is 4.90 Å². The van der Waals surface area contributed by atoms with Gasteiger partial charge in [0.15, 0.2) is 6.10 Å². The molecule has 0 spiro atoms. The molecule has 2 heterocycles. The van der Waals surface area contributed by atoms with Gasteiger partial charge in [-0.15, -0.1) is 0 Å². The summed E-state index contributed by atoms with van der Waals surface area (Å²) in [5.41, 5.74) is 0. The molecule has 2 unspecified atom stereocenters. The molecular weight excluding hydrogens is 234 g/mol. The number of carbonyl (C=O) groups is 2. The highest BCUT2D eigenvalue weighted by molar-refractivity contribution is 5.82. The number of nitrogens with zero attached hydrogens (tertiary/aromatic N) is 1. The van der Waals surface area contributed by atoms with Gasteiger partial charge in [0.1, 0.15) is 6.10 Å². The van der Waals surface area contributed by atoms with E-state index in [4.69, 9.17) is 9.84 Å². The average molecular weight is 255 g/mol. The molecule has 1 amide bonds. The number of hydrogen-bond donors (Lipinski definition) is 1. The minimum absolute atomic E-state index is 0.0133. The van der Waals surface area contributed by atoms with Gasteiger partial charge < -0.3 is 14.7 Å². The highest BCUT2D eigenvalue weighted by atomic mass is 16.5. The molecule has 18 heavy (non-hydrogen) atoms. The average Bonchev–Trinajstić information content (AvgIpc) is 2.77. The van der Waals surface area contributed by atoms with Gasteiger partial charge in [-0.3, -0.25) is 4.79 Å². The zero-order chi connectivity index (χ0) is 13.0. The molecule has 0 aliphatic carbocycles. The summed E-state index contributed by atoms with van der Waals surface area (Å²) in [6.07, 6.45) is 5.33. The predicted octanol–water partition coefficient (Wildman–Crippen LogP) is 1.41. The minimum atomic E-state index is -0.960.